The van der Waals surface area contributed by atoms with E-state index in [9.17, 15) is 4.79 Å². The van der Waals surface area contributed by atoms with Gasteiger partial charge in [0.2, 0.25) is 0 Å². The maximum absolute atomic E-state index is 13.0. The lowest BCUT2D eigenvalue weighted by Crippen LogP contribution is -2.55. The van der Waals surface area contributed by atoms with Gasteiger partial charge in [-0.3, -0.25) is 10.1 Å². The topological polar surface area (TPSA) is 47.6 Å². The van der Waals surface area contributed by atoms with Gasteiger partial charge in [-0.25, -0.2) is 0 Å². The van der Waals surface area contributed by atoms with Crippen molar-refractivity contribution in [1.82, 2.24) is 5.32 Å². The Labute approximate surface area is 208 Å². The standard InChI is InChI=1S/C29H26BrNO3/c1-33-28(32)27(21-34-26-19-17-25(30)18-20-26)31-29(22-11-5-2-6-12-22,23-13-7-3-8-14-23)24-15-9-4-10-16-24/h2-20,27,31H,21H2,1H3/t27-/m0/s1. The lowest BCUT2D eigenvalue weighted by Gasteiger charge is -2.39. The lowest BCUT2D eigenvalue weighted by atomic mass is 9.76. The fourth-order valence-electron chi connectivity index (χ4n) is 4.10. The third-order valence-electron chi connectivity index (χ3n) is 5.73. The fraction of sp³-hybridized carbons (Fsp3) is 0.138. The second-order valence-corrected chi connectivity index (χ2v) is 8.75. The summed E-state index contributed by atoms with van der Waals surface area (Å²) in [7, 11) is 1.39. The van der Waals surface area contributed by atoms with Crippen molar-refractivity contribution in [2.24, 2.45) is 0 Å². The Bertz CT molecular complexity index is 1090. The first-order valence-corrected chi connectivity index (χ1v) is 11.8. The number of halogens is 1. The monoisotopic (exact) mass is 515 g/mol. The molecule has 0 aromatic heterocycles. The van der Waals surface area contributed by atoms with Crippen molar-refractivity contribution in [2.75, 3.05) is 13.7 Å². The average molecular weight is 516 g/mol. The molecular formula is C29H26BrNO3. The van der Waals surface area contributed by atoms with Crippen molar-refractivity contribution in [3.05, 3.63) is 136 Å². The van der Waals surface area contributed by atoms with Crippen LogP contribution in [0.2, 0.25) is 0 Å². The van der Waals surface area contributed by atoms with Gasteiger partial charge in [0.05, 0.1) is 12.6 Å². The summed E-state index contributed by atoms with van der Waals surface area (Å²) in [6.07, 6.45) is 0. The molecule has 4 rings (SSSR count). The number of esters is 1. The molecule has 4 aromatic carbocycles. The molecule has 1 N–H and O–H groups in total. The second kappa shape index (κ2) is 11.1. The van der Waals surface area contributed by atoms with E-state index in [1.165, 1.54) is 7.11 Å². The number of methoxy groups -OCH3 is 1. The van der Waals surface area contributed by atoms with Gasteiger partial charge in [0.25, 0.3) is 0 Å². The predicted molar refractivity (Wildman–Crippen MR) is 138 cm³/mol. The molecule has 0 bridgehead atoms. The highest BCUT2D eigenvalue weighted by molar-refractivity contribution is 9.10. The zero-order valence-electron chi connectivity index (χ0n) is 18.9. The Kier molecular flexibility index (Phi) is 7.78. The third-order valence-corrected chi connectivity index (χ3v) is 6.26. The number of nitrogens with one attached hydrogen (secondary N) is 1. The molecule has 0 saturated heterocycles. The largest absolute Gasteiger partial charge is 0.491 e. The minimum atomic E-state index is -0.814. The highest BCUT2D eigenvalue weighted by Gasteiger charge is 2.40. The van der Waals surface area contributed by atoms with Gasteiger partial charge in [-0.15, -0.1) is 0 Å². The summed E-state index contributed by atoms with van der Waals surface area (Å²) >= 11 is 3.44. The van der Waals surface area contributed by atoms with E-state index in [0.717, 1.165) is 21.2 Å². The Balaban J connectivity index is 1.81. The number of hydrogen-bond acceptors (Lipinski definition) is 4. The summed E-state index contributed by atoms with van der Waals surface area (Å²) in [4.78, 5) is 13.0. The van der Waals surface area contributed by atoms with Crippen molar-refractivity contribution in [1.29, 1.82) is 0 Å². The van der Waals surface area contributed by atoms with E-state index in [0.29, 0.717) is 5.75 Å². The van der Waals surface area contributed by atoms with Crippen LogP contribution in [-0.2, 0) is 15.1 Å². The van der Waals surface area contributed by atoms with E-state index in [1.807, 2.05) is 78.9 Å². The minimum Gasteiger partial charge on any atom is -0.491 e. The molecule has 1 atom stereocenters. The summed E-state index contributed by atoms with van der Waals surface area (Å²) in [5.41, 5.74) is 2.20. The Morgan fingerprint density at radius 3 is 1.62 bits per heavy atom. The molecule has 34 heavy (non-hydrogen) atoms. The van der Waals surface area contributed by atoms with E-state index >= 15 is 0 Å². The first-order chi connectivity index (χ1) is 16.6. The van der Waals surface area contributed by atoms with Crippen molar-refractivity contribution in [3.63, 3.8) is 0 Å². The first-order valence-electron chi connectivity index (χ1n) is 11.0. The molecule has 4 nitrogen and oxygen atoms in total. The van der Waals surface area contributed by atoms with Crippen LogP contribution in [0.3, 0.4) is 0 Å². The number of benzene rings is 4. The average Bonchev–Trinajstić information content (AvgIpc) is 2.91. The number of hydrogen-bond donors (Lipinski definition) is 1. The molecule has 172 valence electrons. The molecule has 0 fully saturated rings. The van der Waals surface area contributed by atoms with Gasteiger partial charge < -0.3 is 9.47 Å². The van der Waals surface area contributed by atoms with Crippen LogP contribution in [0.5, 0.6) is 5.75 Å². The van der Waals surface area contributed by atoms with E-state index < -0.39 is 17.6 Å². The van der Waals surface area contributed by atoms with Crippen LogP contribution in [0.4, 0.5) is 0 Å². The smallest absolute Gasteiger partial charge is 0.326 e. The normalized spacial score (nSPS) is 12.1. The Morgan fingerprint density at radius 1 is 0.765 bits per heavy atom. The van der Waals surface area contributed by atoms with E-state index in [2.05, 4.69) is 57.6 Å². The Hall–Kier alpha value is -3.41. The van der Waals surface area contributed by atoms with Crippen molar-refractivity contribution in [3.8, 4) is 5.75 Å². The summed E-state index contributed by atoms with van der Waals surface area (Å²) in [5, 5.41) is 3.64. The summed E-state index contributed by atoms with van der Waals surface area (Å²) in [6.45, 7) is 0.0998. The van der Waals surface area contributed by atoms with Gasteiger partial charge >= 0.3 is 5.97 Å². The lowest BCUT2D eigenvalue weighted by molar-refractivity contribution is -0.144. The van der Waals surface area contributed by atoms with Crippen LogP contribution in [0.25, 0.3) is 0 Å². The van der Waals surface area contributed by atoms with Gasteiger partial charge in [-0.05, 0) is 41.0 Å². The number of rotatable bonds is 9. The highest BCUT2D eigenvalue weighted by Crippen LogP contribution is 2.37. The molecule has 0 saturated carbocycles. The molecule has 0 spiro atoms. The molecule has 0 aliphatic rings. The highest BCUT2D eigenvalue weighted by atomic mass is 79.9. The quantitative estimate of drug-likeness (QED) is 0.221. The maximum atomic E-state index is 13.0. The van der Waals surface area contributed by atoms with Crippen molar-refractivity contribution in [2.45, 2.75) is 11.6 Å². The number of carbonyl (C=O) groups is 1. The van der Waals surface area contributed by atoms with Gasteiger partial charge in [0, 0.05) is 4.47 Å². The molecule has 5 heteroatoms. The van der Waals surface area contributed by atoms with Crippen molar-refractivity contribution < 1.29 is 14.3 Å². The molecule has 0 amide bonds. The van der Waals surface area contributed by atoms with Gasteiger partial charge in [0.15, 0.2) is 0 Å². The van der Waals surface area contributed by atoms with Crippen LogP contribution in [0, 0.1) is 0 Å². The molecule has 4 aromatic rings. The molecule has 0 aliphatic heterocycles. The van der Waals surface area contributed by atoms with Gasteiger partial charge in [-0.1, -0.05) is 107 Å². The minimum absolute atomic E-state index is 0.0998. The Morgan fingerprint density at radius 2 is 1.21 bits per heavy atom. The van der Waals surface area contributed by atoms with Crippen molar-refractivity contribution >= 4 is 21.9 Å². The maximum Gasteiger partial charge on any atom is 0.326 e. The second-order valence-electron chi connectivity index (χ2n) is 7.83. The van der Waals surface area contributed by atoms with Crippen LogP contribution in [-0.4, -0.2) is 25.7 Å². The summed E-state index contributed by atoms with van der Waals surface area (Å²) < 4.78 is 12.2. The van der Waals surface area contributed by atoms with Gasteiger partial charge in [-0.2, -0.15) is 0 Å². The molecule has 0 unspecified atom stereocenters. The third kappa shape index (κ3) is 5.22. The molecule has 0 aliphatic carbocycles. The summed E-state index contributed by atoms with van der Waals surface area (Å²) in [5.74, 6) is 0.271. The van der Waals surface area contributed by atoms with E-state index in [1.54, 1.807) is 0 Å². The zero-order chi connectivity index (χ0) is 23.8. The first kappa shape index (κ1) is 23.7. The van der Waals surface area contributed by atoms with Crippen LogP contribution in [0.1, 0.15) is 16.7 Å². The predicted octanol–water partition coefficient (Wildman–Crippen LogP) is 5.95. The number of ether oxygens (including phenoxy) is 2. The molecule has 0 heterocycles. The fourth-order valence-corrected chi connectivity index (χ4v) is 4.36. The summed E-state index contributed by atoms with van der Waals surface area (Å²) in [6, 6.07) is 37.1. The van der Waals surface area contributed by atoms with Crippen LogP contribution in [0.15, 0.2) is 120 Å². The zero-order valence-corrected chi connectivity index (χ0v) is 20.4. The SMILES string of the molecule is COC(=O)[C@H](COc1ccc(Br)cc1)NC(c1ccccc1)(c1ccccc1)c1ccccc1. The number of carbonyl (C=O) groups excluding carboxylic acids is 1. The van der Waals surface area contributed by atoms with E-state index in [-0.39, 0.29) is 6.61 Å². The van der Waals surface area contributed by atoms with Crippen LogP contribution >= 0.6 is 15.9 Å². The van der Waals surface area contributed by atoms with Gasteiger partial charge in [0.1, 0.15) is 18.4 Å². The van der Waals surface area contributed by atoms with Crippen LogP contribution < -0.4 is 10.1 Å². The van der Waals surface area contributed by atoms with E-state index in [4.69, 9.17) is 9.47 Å². The molecule has 0 radical (unpaired) electrons. The molecular weight excluding hydrogens is 490 g/mol.